The van der Waals surface area contributed by atoms with Crippen LogP contribution < -0.4 is 10.2 Å². The second-order valence-electron chi connectivity index (χ2n) is 6.59. The van der Waals surface area contributed by atoms with E-state index in [2.05, 4.69) is 15.1 Å². The van der Waals surface area contributed by atoms with Gasteiger partial charge in [0.05, 0.1) is 13.2 Å². The van der Waals surface area contributed by atoms with Gasteiger partial charge in [-0.3, -0.25) is 19.4 Å². The van der Waals surface area contributed by atoms with Gasteiger partial charge in [0.2, 0.25) is 11.8 Å². The van der Waals surface area contributed by atoms with Gasteiger partial charge in [-0.2, -0.15) is 0 Å². The number of aliphatic hydroxyl groups is 1. The van der Waals surface area contributed by atoms with E-state index in [0.29, 0.717) is 19.5 Å². The van der Waals surface area contributed by atoms with Crippen LogP contribution in [0, 0.1) is 0 Å². The van der Waals surface area contributed by atoms with Crippen LogP contribution in [-0.2, 0) is 9.59 Å². The number of carbonyl (C=O) groups excluding carboxylic acids is 2. The van der Waals surface area contributed by atoms with E-state index in [1.165, 1.54) is 0 Å². The molecular formula is C18H26N4O3. The van der Waals surface area contributed by atoms with Crippen molar-refractivity contribution in [2.45, 2.75) is 12.8 Å². The SMILES string of the molecule is O=C(CN1CCN(CCO)CC1)Nc1cccc(N2CCCC2=O)c1. The number of β-amino-alcohol motifs (C(OH)–C–C–N with tert-alkyl or cyclic N) is 1. The van der Waals surface area contributed by atoms with E-state index in [0.717, 1.165) is 50.5 Å². The standard InChI is InChI=1S/C18H26N4O3/c23-12-11-20-7-9-21(10-8-20)14-17(24)19-15-3-1-4-16(13-15)22-6-2-5-18(22)25/h1,3-4,13,23H,2,5-12,14H2,(H,19,24). The fourth-order valence-corrected chi connectivity index (χ4v) is 3.39. The molecule has 2 aliphatic heterocycles. The fourth-order valence-electron chi connectivity index (χ4n) is 3.39. The Kier molecular flexibility index (Phi) is 6.01. The molecule has 7 heteroatoms. The number of hydrogen-bond donors (Lipinski definition) is 2. The molecule has 0 radical (unpaired) electrons. The fraction of sp³-hybridized carbons (Fsp3) is 0.556. The quantitative estimate of drug-likeness (QED) is 0.778. The maximum Gasteiger partial charge on any atom is 0.238 e. The molecule has 0 unspecified atom stereocenters. The number of nitrogens with one attached hydrogen (secondary N) is 1. The summed E-state index contributed by atoms with van der Waals surface area (Å²) in [7, 11) is 0. The Morgan fingerprint density at radius 1 is 1.12 bits per heavy atom. The lowest BCUT2D eigenvalue weighted by atomic mass is 10.2. The number of benzene rings is 1. The summed E-state index contributed by atoms with van der Waals surface area (Å²) in [4.78, 5) is 30.2. The number of carbonyl (C=O) groups is 2. The van der Waals surface area contributed by atoms with E-state index in [1.807, 2.05) is 24.3 Å². The first-order valence-corrected chi connectivity index (χ1v) is 8.91. The molecule has 2 N–H and O–H groups in total. The Labute approximate surface area is 148 Å². The molecule has 136 valence electrons. The second-order valence-corrected chi connectivity index (χ2v) is 6.59. The molecule has 2 saturated heterocycles. The Bertz CT molecular complexity index is 614. The van der Waals surface area contributed by atoms with Gasteiger partial charge in [-0.25, -0.2) is 0 Å². The van der Waals surface area contributed by atoms with Crippen LogP contribution in [-0.4, -0.2) is 79.1 Å². The van der Waals surface area contributed by atoms with Gasteiger partial charge in [0.25, 0.3) is 0 Å². The van der Waals surface area contributed by atoms with Crippen LogP contribution in [0.4, 0.5) is 11.4 Å². The van der Waals surface area contributed by atoms with Crippen molar-refractivity contribution in [1.82, 2.24) is 9.80 Å². The first-order valence-electron chi connectivity index (χ1n) is 8.91. The third kappa shape index (κ3) is 4.78. The Morgan fingerprint density at radius 3 is 2.56 bits per heavy atom. The number of nitrogens with zero attached hydrogens (tertiary/aromatic N) is 3. The van der Waals surface area contributed by atoms with E-state index in [-0.39, 0.29) is 18.4 Å². The molecule has 7 nitrogen and oxygen atoms in total. The lowest BCUT2D eigenvalue weighted by molar-refractivity contribution is -0.118. The van der Waals surface area contributed by atoms with E-state index >= 15 is 0 Å². The smallest absolute Gasteiger partial charge is 0.238 e. The molecule has 2 aliphatic rings. The monoisotopic (exact) mass is 346 g/mol. The van der Waals surface area contributed by atoms with E-state index in [9.17, 15) is 9.59 Å². The van der Waals surface area contributed by atoms with Crippen LogP contribution in [0.3, 0.4) is 0 Å². The molecule has 0 saturated carbocycles. The molecule has 0 bridgehead atoms. The van der Waals surface area contributed by atoms with Crippen molar-refractivity contribution in [2.75, 3.05) is 62.6 Å². The van der Waals surface area contributed by atoms with Gasteiger partial charge in [-0.05, 0) is 24.6 Å². The highest BCUT2D eigenvalue weighted by molar-refractivity contribution is 5.97. The number of piperazine rings is 1. The summed E-state index contributed by atoms with van der Waals surface area (Å²) in [5.74, 6) is 0.102. The minimum Gasteiger partial charge on any atom is -0.395 e. The third-order valence-corrected chi connectivity index (χ3v) is 4.76. The lowest BCUT2D eigenvalue weighted by Crippen LogP contribution is -2.49. The summed E-state index contributed by atoms with van der Waals surface area (Å²) in [6.45, 7) is 5.39. The number of aliphatic hydroxyl groups excluding tert-OH is 1. The molecular weight excluding hydrogens is 320 g/mol. The topological polar surface area (TPSA) is 76.1 Å². The Balaban J connectivity index is 1.51. The van der Waals surface area contributed by atoms with Crippen molar-refractivity contribution >= 4 is 23.2 Å². The van der Waals surface area contributed by atoms with Gasteiger partial charge in [-0.1, -0.05) is 6.07 Å². The van der Waals surface area contributed by atoms with Gasteiger partial charge in [0.1, 0.15) is 0 Å². The number of hydrogen-bond acceptors (Lipinski definition) is 5. The molecule has 1 aromatic rings. The highest BCUT2D eigenvalue weighted by Gasteiger charge is 2.22. The van der Waals surface area contributed by atoms with Gasteiger partial charge in [0, 0.05) is 57.1 Å². The first-order chi connectivity index (χ1) is 12.2. The molecule has 25 heavy (non-hydrogen) atoms. The summed E-state index contributed by atoms with van der Waals surface area (Å²) >= 11 is 0. The van der Waals surface area contributed by atoms with Crippen molar-refractivity contribution in [1.29, 1.82) is 0 Å². The van der Waals surface area contributed by atoms with Crippen molar-refractivity contribution in [3.8, 4) is 0 Å². The Hall–Kier alpha value is -1.96. The maximum absolute atomic E-state index is 12.3. The number of rotatable bonds is 6. The third-order valence-electron chi connectivity index (χ3n) is 4.76. The number of amides is 2. The molecule has 2 heterocycles. The predicted octanol–water partition coefficient (Wildman–Crippen LogP) is 0.362. The maximum atomic E-state index is 12.3. The van der Waals surface area contributed by atoms with Crippen molar-refractivity contribution in [3.63, 3.8) is 0 Å². The summed E-state index contributed by atoms with van der Waals surface area (Å²) < 4.78 is 0. The largest absolute Gasteiger partial charge is 0.395 e. The summed E-state index contributed by atoms with van der Waals surface area (Å²) in [5, 5.41) is 11.9. The molecule has 0 aliphatic carbocycles. The lowest BCUT2D eigenvalue weighted by Gasteiger charge is -2.33. The molecule has 2 fully saturated rings. The molecule has 3 rings (SSSR count). The molecule has 1 aromatic carbocycles. The highest BCUT2D eigenvalue weighted by Crippen LogP contribution is 2.24. The van der Waals surface area contributed by atoms with Crippen LogP contribution in [0.5, 0.6) is 0 Å². The number of anilines is 2. The summed E-state index contributed by atoms with van der Waals surface area (Å²) in [6, 6.07) is 7.48. The van der Waals surface area contributed by atoms with E-state index in [4.69, 9.17) is 5.11 Å². The van der Waals surface area contributed by atoms with Gasteiger partial charge >= 0.3 is 0 Å². The van der Waals surface area contributed by atoms with Gasteiger partial charge in [0.15, 0.2) is 0 Å². The molecule has 0 aromatic heterocycles. The van der Waals surface area contributed by atoms with Gasteiger partial charge in [-0.15, -0.1) is 0 Å². The zero-order valence-corrected chi connectivity index (χ0v) is 14.5. The van der Waals surface area contributed by atoms with Crippen molar-refractivity contribution in [2.24, 2.45) is 0 Å². The minimum atomic E-state index is -0.0412. The van der Waals surface area contributed by atoms with Crippen LogP contribution in [0.15, 0.2) is 24.3 Å². The van der Waals surface area contributed by atoms with Crippen LogP contribution in [0.2, 0.25) is 0 Å². The van der Waals surface area contributed by atoms with Gasteiger partial charge < -0.3 is 15.3 Å². The Morgan fingerprint density at radius 2 is 1.88 bits per heavy atom. The molecule has 0 spiro atoms. The van der Waals surface area contributed by atoms with Crippen LogP contribution in [0.25, 0.3) is 0 Å². The summed E-state index contributed by atoms with van der Waals surface area (Å²) in [6.07, 6.45) is 1.48. The van der Waals surface area contributed by atoms with Crippen LogP contribution in [0.1, 0.15) is 12.8 Å². The van der Waals surface area contributed by atoms with Crippen LogP contribution >= 0.6 is 0 Å². The second kappa shape index (κ2) is 8.42. The normalized spacial score (nSPS) is 19.4. The zero-order chi connectivity index (χ0) is 17.6. The highest BCUT2D eigenvalue weighted by atomic mass is 16.3. The predicted molar refractivity (Wildman–Crippen MR) is 96.6 cm³/mol. The average Bonchev–Trinajstić information content (AvgIpc) is 3.03. The first kappa shape index (κ1) is 17.8. The zero-order valence-electron chi connectivity index (χ0n) is 14.5. The average molecular weight is 346 g/mol. The van der Waals surface area contributed by atoms with E-state index < -0.39 is 0 Å². The van der Waals surface area contributed by atoms with E-state index in [1.54, 1.807) is 4.90 Å². The molecule has 0 atom stereocenters. The van der Waals surface area contributed by atoms with Crippen molar-refractivity contribution in [3.05, 3.63) is 24.3 Å². The minimum absolute atomic E-state index is 0.0412. The van der Waals surface area contributed by atoms with Crippen molar-refractivity contribution < 1.29 is 14.7 Å². The molecule has 2 amide bonds. The summed E-state index contributed by atoms with van der Waals surface area (Å²) in [5.41, 5.74) is 1.57.